The summed E-state index contributed by atoms with van der Waals surface area (Å²) in [4.78, 5) is 0. The van der Waals surface area contributed by atoms with Gasteiger partial charge in [-0.05, 0) is 50.7 Å². The Hall–Kier alpha value is -0.530. The Kier molecular flexibility index (Phi) is 5.72. The molecular formula is C17H26ClN. The minimum absolute atomic E-state index is 0.483. The maximum atomic E-state index is 6.23. The lowest BCUT2D eigenvalue weighted by atomic mass is 9.84. The molecule has 0 aliphatic heterocycles. The lowest BCUT2D eigenvalue weighted by molar-refractivity contribution is 0.267. The molecule has 2 unspecified atom stereocenters. The van der Waals surface area contributed by atoms with Crippen LogP contribution in [0.1, 0.15) is 51.5 Å². The van der Waals surface area contributed by atoms with Gasteiger partial charge in [0.05, 0.1) is 0 Å². The van der Waals surface area contributed by atoms with Crippen LogP contribution >= 0.6 is 11.6 Å². The zero-order valence-electron chi connectivity index (χ0n) is 12.2. The molecule has 1 aliphatic rings. The van der Waals surface area contributed by atoms with Crippen LogP contribution in [0.2, 0.25) is 5.02 Å². The lowest BCUT2D eigenvalue weighted by Crippen LogP contribution is -2.41. The van der Waals surface area contributed by atoms with Crippen molar-refractivity contribution in [1.82, 2.24) is 5.32 Å². The topological polar surface area (TPSA) is 12.0 Å². The Labute approximate surface area is 122 Å². The molecule has 0 spiro atoms. The molecule has 19 heavy (non-hydrogen) atoms. The number of hydrogen-bond acceptors (Lipinski definition) is 1. The lowest BCUT2D eigenvalue weighted by Gasteiger charge is -2.30. The first-order valence-electron chi connectivity index (χ1n) is 7.66. The molecule has 1 fully saturated rings. The molecule has 1 N–H and O–H groups in total. The highest BCUT2D eigenvalue weighted by Crippen LogP contribution is 2.26. The Balaban J connectivity index is 1.83. The molecule has 1 saturated carbocycles. The van der Waals surface area contributed by atoms with Crippen molar-refractivity contribution in [3.05, 3.63) is 34.9 Å². The van der Waals surface area contributed by atoms with Gasteiger partial charge in [-0.2, -0.15) is 0 Å². The first-order chi connectivity index (χ1) is 9.16. The number of benzene rings is 1. The van der Waals surface area contributed by atoms with Crippen LogP contribution in [-0.2, 0) is 6.42 Å². The van der Waals surface area contributed by atoms with Crippen LogP contribution in [0.4, 0.5) is 0 Å². The van der Waals surface area contributed by atoms with Gasteiger partial charge in [-0.1, -0.05) is 49.1 Å². The zero-order valence-corrected chi connectivity index (χ0v) is 12.9. The van der Waals surface area contributed by atoms with Crippen LogP contribution in [0.15, 0.2) is 24.3 Å². The number of halogens is 1. The summed E-state index contributed by atoms with van der Waals surface area (Å²) in [6, 6.07) is 9.28. The van der Waals surface area contributed by atoms with E-state index in [0.717, 1.165) is 17.4 Å². The smallest absolute Gasteiger partial charge is 0.0438 e. The van der Waals surface area contributed by atoms with E-state index in [1.807, 2.05) is 12.1 Å². The van der Waals surface area contributed by atoms with Crippen molar-refractivity contribution >= 4 is 11.6 Å². The third-order valence-corrected chi connectivity index (χ3v) is 4.76. The Bertz CT molecular complexity index is 385. The predicted molar refractivity (Wildman–Crippen MR) is 83.8 cm³/mol. The van der Waals surface area contributed by atoms with Gasteiger partial charge in [-0.3, -0.25) is 0 Å². The third kappa shape index (κ3) is 4.50. The van der Waals surface area contributed by atoms with Gasteiger partial charge in [0.1, 0.15) is 0 Å². The molecule has 2 heteroatoms. The SMILES string of the molecule is CC(Cc1ccccc1Cl)NC(C)C1CCCCC1. The van der Waals surface area contributed by atoms with E-state index in [0.29, 0.717) is 12.1 Å². The Morgan fingerprint density at radius 3 is 2.53 bits per heavy atom. The fraction of sp³-hybridized carbons (Fsp3) is 0.647. The van der Waals surface area contributed by atoms with Crippen LogP contribution in [0.3, 0.4) is 0 Å². The predicted octanol–water partition coefficient (Wildman–Crippen LogP) is 4.83. The minimum atomic E-state index is 0.483. The van der Waals surface area contributed by atoms with Gasteiger partial charge >= 0.3 is 0 Å². The maximum absolute atomic E-state index is 6.23. The van der Waals surface area contributed by atoms with Gasteiger partial charge in [0.15, 0.2) is 0 Å². The van der Waals surface area contributed by atoms with Crippen LogP contribution < -0.4 is 5.32 Å². The van der Waals surface area contributed by atoms with E-state index in [2.05, 4.69) is 31.3 Å². The molecule has 106 valence electrons. The molecule has 1 nitrogen and oxygen atoms in total. The molecule has 0 aromatic heterocycles. The van der Waals surface area contributed by atoms with Crippen molar-refractivity contribution in [2.75, 3.05) is 0 Å². The summed E-state index contributed by atoms with van der Waals surface area (Å²) in [5, 5.41) is 4.66. The van der Waals surface area contributed by atoms with Crippen molar-refractivity contribution in [2.24, 2.45) is 5.92 Å². The summed E-state index contributed by atoms with van der Waals surface area (Å²) in [5.41, 5.74) is 1.25. The monoisotopic (exact) mass is 279 g/mol. The van der Waals surface area contributed by atoms with E-state index < -0.39 is 0 Å². The van der Waals surface area contributed by atoms with Crippen LogP contribution in [-0.4, -0.2) is 12.1 Å². The minimum Gasteiger partial charge on any atom is -0.311 e. The second-order valence-corrected chi connectivity index (χ2v) is 6.46. The van der Waals surface area contributed by atoms with E-state index in [1.165, 1.54) is 37.7 Å². The number of rotatable bonds is 5. The van der Waals surface area contributed by atoms with E-state index in [4.69, 9.17) is 11.6 Å². The maximum Gasteiger partial charge on any atom is 0.0438 e. The van der Waals surface area contributed by atoms with E-state index in [9.17, 15) is 0 Å². The summed E-state index contributed by atoms with van der Waals surface area (Å²) < 4.78 is 0. The van der Waals surface area contributed by atoms with Crippen LogP contribution in [0.5, 0.6) is 0 Å². The Morgan fingerprint density at radius 1 is 1.16 bits per heavy atom. The molecule has 1 aromatic rings. The highest BCUT2D eigenvalue weighted by atomic mass is 35.5. The first-order valence-corrected chi connectivity index (χ1v) is 8.04. The molecule has 0 heterocycles. The van der Waals surface area contributed by atoms with Crippen LogP contribution in [0, 0.1) is 5.92 Å². The van der Waals surface area contributed by atoms with E-state index in [-0.39, 0.29) is 0 Å². The van der Waals surface area contributed by atoms with Gasteiger partial charge in [0, 0.05) is 17.1 Å². The molecule has 1 aromatic carbocycles. The molecule has 0 radical (unpaired) electrons. The highest BCUT2D eigenvalue weighted by Gasteiger charge is 2.21. The zero-order chi connectivity index (χ0) is 13.7. The third-order valence-electron chi connectivity index (χ3n) is 4.39. The quantitative estimate of drug-likeness (QED) is 0.814. The van der Waals surface area contributed by atoms with Crippen molar-refractivity contribution in [1.29, 1.82) is 0 Å². The first kappa shape index (κ1) is 14.9. The van der Waals surface area contributed by atoms with Crippen molar-refractivity contribution < 1.29 is 0 Å². The molecule has 0 amide bonds. The summed E-state index contributed by atoms with van der Waals surface area (Å²) in [5.74, 6) is 0.863. The van der Waals surface area contributed by atoms with Gasteiger partial charge in [0.2, 0.25) is 0 Å². The average Bonchev–Trinajstić information content (AvgIpc) is 2.42. The second-order valence-electron chi connectivity index (χ2n) is 6.05. The molecule has 0 saturated heterocycles. The fourth-order valence-corrected chi connectivity index (χ4v) is 3.48. The van der Waals surface area contributed by atoms with Gasteiger partial charge in [0.25, 0.3) is 0 Å². The summed E-state index contributed by atoms with van der Waals surface area (Å²) in [6.07, 6.45) is 8.06. The second kappa shape index (κ2) is 7.31. The normalized spacial score (nSPS) is 20.2. The van der Waals surface area contributed by atoms with Crippen molar-refractivity contribution in [2.45, 2.75) is 64.5 Å². The van der Waals surface area contributed by atoms with Crippen molar-refractivity contribution in [3.8, 4) is 0 Å². The molecule has 2 atom stereocenters. The van der Waals surface area contributed by atoms with Crippen LogP contribution in [0.25, 0.3) is 0 Å². The summed E-state index contributed by atoms with van der Waals surface area (Å²) in [7, 11) is 0. The van der Waals surface area contributed by atoms with Gasteiger partial charge in [-0.15, -0.1) is 0 Å². The highest BCUT2D eigenvalue weighted by molar-refractivity contribution is 6.31. The molecule has 1 aliphatic carbocycles. The fourth-order valence-electron chi connectivity index (χ4n) is 3.27. The van der Waals surface area contributed by atoms with Gasteiger partial charge < -0.3 is 5.32 Å². The number of nitrogens with one attached hydrogen (secondary N) is 1. The average molecular weight is 280 g/mol. The summed E-state index contributed by atoms with van der Waals surface area (Å²) >= 11 is 6.23. The molecule has 2 rings (SSSR count). The standard InChI is InChI=1S/C17H26ClN/c1-13(12-16-10-6-7-11-17(16)18)19-14(2)15-8-4-3-5-9-15/h6-7,10-11,13-15,19H,3-5,8-9,12H2,1-2H3. The number of hydrogen-bond donors (Lipinski definition) is 1. The Morgan fingerprint density at radius 2 is 1.84 bits per heavy atom. The van der Waals surface area contributed by atoms with E-state index in [1.54, 1.807) is 0 Å². The van der Waals surface area contributed by atoms with Gasteiger partial charge in [-0.25, -0.2) is 0 Å². The molecular weight excluding hydrogens is 254 g/mol. The molecule has 0 bridgehead atoms. The van der Waals surface area contributed by atoms with Crippen molar-refractivity contribution in [3.63, 3.8) is 0 Å². The van der Waals surface area contributed by atoms with E-state index >= 15 is 0 Å². The summed E-state index contributed by atoms with van der Waals surface area (Å²) in [6.45, 7) is 4.61. The largest absolute Gasteiger partial charge is 0.311 e.